The van der Waals surface area contributed by atoms with Crippen LogP contribution in [0.15, 0.2) is 54.6 Å². The molecule has 0 saturated heterocycles. The maximum absolute atomic E-state index is 10.3. The molecule has 2 aromatic rings. The molecular formula is C20H25NO. The number of aliphatic hydroxyl groups is 1. The zero-order chi connectivity index (χ0) is 15.2. The Morgan fingerprint density at radius 1 is 0.909 bits per heavy atom. The van der Waals surface area contributed by atoms with Crippen LogP contribution in [0.25, 0.3) is 11.1 Å². The number of hydrogen-bond acceptors (Lipinski definition) is 2. The van der Waals surface area contributed by atoms with E-state index in [9.17, 15) is 5.11 Å². The normalized spacial score (nSPS) is 16.8. The largest absolute Gasteiger partial charge is 0.388 e. The fourth-order valence-corrected chi connectivity index (χ4v) is 3.25. The molecule has 3 rings (SSSR count). The van der Waals surface area contributed by atoms with Crippen LogP contribution in [0.1, 0.15) is 43.8 Å². The van der Waals surface area contributed by atoms with Crippen LogP contribution in [-0.2, 0) is 0 Å². The molecule has 0 amide bonds. The summed E-state index contributed by atoms with van der Waals surface area (Å²) in [5, 5.41) is 13.9. The molecule has 2 N–H and O–H groups in total. The van der Waals surface area contributed by atoms with Gasteiger partial charge in [-0.25, -0.2) is 0 Å². The first-order chi connectivity index (χ1) is 10.8. The quantitative estimate of drug-likeness (QED) is 0.832. The Kier molecular flexibility index (Phi) is 5.25. The molecule has 2 nitrogen and oxygen atoms in total. The van der Waals surface area contributed by atoms with E-state index in [1.54, 1.807) is 0 Å². The molecule has 22 heavy (non-hydrogen) atoms. The van der Waals surface area contributed by atoms with E-state index in [4.69, 9.17) is 0 Å². The summed E-state index contributed by atoms with van der Waals surface area (Å²) in [5.74, 6) is 0. The first-order valence-electron chi connectivity index (χ1n) is 8.40. The first kappa shape index (κ1) is 15.3. The van der Waals surface area contributed by atoms with E-state index in [0.717, 1.165) is 18.5 Å². The van der Waals surface area contributed by atoms with E-state index in [1.165, 1.54) is 36.8 Å². The molecular weight excluding hydrogens is 270 g/mol. The number of hydrogen-bond donors (Lipinski definition) is 2. The Morgan fingerprint density at radius 3 is 2.23 bits per heavy atom. The Labute approximate surface area is 133 Å². The van der Waals surface area contributed by atoms with Crippen molar-refractivity contribution < 1.29 is 5.11 Å². The van der Waals surface area contributed by atoms with E-state index in [2.05, 4.69) is 29.6 Å². The monoisotopic (exact) mass is 295 g/mol. The molecule has 0 aromatic heterocycles. The minimum Gasteiger partial charge on any atom is -0.388 e. The van der Waals surface area contributed by atoms with Gasteiger partial charge in [-0.2, -0.15) is 0 Å². The SMILES string of the molecule is OC(CCNC1CCCC1)c1ccc(-c2ccccc2)cc1. The van der Waals surface area contributed by atoms with Crippen molar-refractivity contribution in [2.75, 3.05) is 6.54 Å². The van der Waals surface area contributed by atoms with E-state index in [-0.39, 0.29) is 6.10 Å². The molecule has 1 saturated carbocycles. The van der Waals surface area contributed by atoms with Gasteiger partial charge in [-0.1, -0.05) is 67.4 Å². The van der Waals surface area contributed by atoms with Crippen molar-refractivity contribution in [3.63, 3.8) is 0 Å². The summed E-state index contributed by atoms with van der Waals surface area (Å²) >= 11 is 0. The van der Waals surface area contributed by atoms with Gasteiger partial charge in [-0.15, -0.1) is 0 Å². The third-order valence-electron chi connectivity index (χ3n) is 4.61. The fourth-order valence-electron chi connectivity index (χ4n) is 3.25. The minimum atomic E-state index is -0.376. The van der Waals surface area contributed by atoms with Crippen LogP contribution >= 0.6 is 0 Å². The van der Waals surface area contributed by atoms with Crippen LogP contribution in [0.2, 0.25) is 0 Å². The van der Waals surface area contributed by atoms with Crippen LogP contribution in [0.4, 0.5) is 0 Å². The molecule has 116 valence electrons. The molecule has 0 heterocycles. The average Bonchev–Trinajstić information content (AvgIpc) is 3.09. The highest BCUT2D eigenvalue weighted by Crippen LogP contribution is 2.23. The van der Waals surface area contributed by atoms with Crippen molar-refractivity contribution in [1.82, 2.24) is 5.32 Å². The predicted octanol–water partition coefficient (Wildman–Crippen LogP) is 4.31. The van der Waals surface area contributed by atoms with Gasteiger partial charge in [-0.3, -0.25) is 0 Å². The highest BCUT2D eigenvalue weighted by molar-refractivity contribution is 5.63. The summed E-state index contributed by atoms with van der Waals surface area (Å²) in [5.41, 5.74) is 3.42. The molecule has 0 spiro atoms. The van der Waals surface area contributed by atoms with Gasteiger partial charge >= 0.3 is 0 Å². The topological polar surface area (TPSA) is 32.3 Å². The minimum absolute atomic E-state index is 0.376. The molecule has 0 radical (unpaired) electrons. The summed E-state index contributed by atoms with van der Waals surface area (Å²) in [6.45, 7) is 0.895. The van der Waals surface area contributed by atoms with Crippen LogP contribution in [0.3, 0.4) is 0 Å². The van der Waals surface area contributed by atoms with Gasteiger partial charge in [0.25, 0.3) is 0 Å². The van der Waals surface area contributed by atoms with Crippen LogP contribution in [-0.4, -0.2) is 17.7 Å². The lowest BCUT2D eigenvalue weighted by atomic mass is 10.0. The second-order valence-corrected chi connectivity index (χ2v) is 6.23. The molecule has 2 heteroatoms. The Balaban J connectivity index is 1.53. The smallest absolute Gasteiger partial charge is 0.0802 e. The fraction of sp³-hybridized carbons (Fsp3) is 0.400. The lowest BCUT2D eigenvalue weighted by Gasteiger charge is -2.15. The molecule has 0 bridgehead atoms. The van der Waals surface area contributed by atoms with E-state index in [1.807, 2.05) is 30.3 Å². The second kappa shape index (κ2) is 7.57. The number of nitrogens with one attached hydrogen (secondary N) is 1. The Bertz CT molecular complexity index is 558. The highest BCUT2D eigenvalue weighted by atomic mass is 16.3. The van der Waals surface area contributed by atoms with Crippen molar-refractivity contribution in [3.05, 3.63) is 60.2 Å². The van der Waals surface area contributed by atoms with Gasteiger partial charge in [0.05, 0.1) is 6.10 Å². The summed E-state index contributed by atoms with van der Waals surface area (Å²) in [4.78, 5) is 0. The Morgan fingerprint density at radius 2 is 1.55 bits per heavy atom. The van der Waals surface area contributed by atoms with Crippen molar-refractivity contribution in [2.24, 2.45) is 0 Å². The highest BCUT2D eigenvalue weighted by Gasteiger charge is 2.14. The molecule has 1 fully saturated rings. The molecule has 2 aromatic carbocycles. The summed E-state index contributed by atoms with van der Waals surface area (Å²) in [7, 11) is 0. The van der Waals surface area contributed by atoms with Crippen LogP contribution in [0.5, 0.6) is 0 Å². The second-order valence-electron chi connectivity index (χ2n) is 6.23. The molecule has 1 atom stereocenters. The summed E-state index contributed by atoms with van der Waals surface area (Å²) in [6.07, 6.45) is 5.69. The molecule has 1 aliphatic rings. The predicted molar refractivity (Wildman–Crippen MR) is 91.7 cm³/mol. The van der Waals surface area contributed by atoms with E-state index >= 15 is 0 Å². The summed E-state index contributed by atoms with van der Waals surface area (Å²) in [6, 6.07) is 19.3. The average molecular weight is 295 g/mol. The van der Waals surface area contributed by atoms with Gasteiger partial charge < -0.3 is 10.4 Å². The molecule has 0 aliphatic heterocycles. The van der Waals surface area contributed by atoms with E-state index in [0.29, 0.717) is 6.04 Å². The number of rotatable bonds is 6. The lowest BCUT2D eigenvalue weighted by Crippen LogP contribution is -2.27. The number of aliphatic hydroxyl groups excluding tert-OH is 1. The standard InChI is InChI=1S/C20H25NO/c22-20(14-15-21-19-8-4-5-9-19)18-12-10-17(11-13-18)16-6-2-1-3-7-16/h1-3,6-7,10-13,19-22H,4-5,8-9,14-15H2. The third kappa shape index (κ3) is 3.96. The maximum Gasteiger partial charge on any atom is 0.0802 e. The van der Waals surface area contributed by atoms with Gasteiger partial charge in [0.15, 0.2) is 0 Å². The zero-order valence-corrected chi connectivity index (χ0v) is 13.0. The maximum atomic E-state index is 10.3. The first-order valence-corrected chi connectivity index (χ1v) is 8.40. The lowest BCUT2D eigenvalue weighted by molar-refractivity contribution is 0.165. The van der Waals surface area contributed by atoms with Gasteiger partial charge in [0.1, 0.15) is 0 Å². The third-order valence-corrected chi connectivity index (χ3v) is 4.61. The number of benzene rings is 2. The Hall–Kier alpha value is -1.64. The van der Waals surface area contributed by atoms with E-state index < -0.39 is 0 Å². The molecule has 1 unspecified atom stereocenters. The zero-order valence-electron chi connectivity index (χ0n) is 13.0. The summed E-state index contributed by atoms with van der Waals surface area (Å²) < 4.78 is 0. The van der Waals surface area contributed by atoms with Gasteiger partial charge in [0, 0.05) is 6.04 Å². The van der Waals surface area contributed by atoms with Gasteiger partial charge in [-0.05, 0) is 42.5 Å². The van der Waals surface area contributed by atoms with Gasteiger partial charge in [0.2, 0.25) is 0 Å². The molecule has 1 aliphatic carbocycles. The van der Waals surface area contributed by atoms with Crippen molar-refractivity contribution in [1.29, 1.82) is 0 Å². The van der Waals surface area contributed by atoms with Crippen molar-refractivity contribution >= 4 is 0 Å². The van der Waals surface area contributed by atoms with Crippen LogP contribution in [0, 0.1) is 0 Å². The van der Waals surface area contributed by atoms with Crippen molar-refractivity contribution in [3.8, 4) is 11.1 Å². The van der Waals surface area contributed by atoms with Crippen molar-refractivity contribution in [2.45, 2.75) is 44.2 Å². The van der Waals surface area contributed by atoms with Crippen LogP contribution < -0.4 is 5.32 Å².